The number of benzene rings is 1. The molecule has 1 aliphatic heterocycles. The largest absolute Gasteiger partial charge is 0.507 e. The molecule has 10 nitrogen and oxygen atoms in total. The highest BCUT2D eigenvalue weighted by Gasteiger charge is 2.28. The van der Waals surface area contributed by atoms with Gasteiger partial charge in [0.25, 0.3) is 5.91 Å². The first-order valence-electron chi connectivity index (χ1n) is 11.5. The van der Waals surface area contributed by atoms with E-state index in [4.69, 9.17) is 4.74 Å². The van der Waals surface area contributed by atoms with Crippen LogP contribution in [-0.2, 0) is 11.8 Å². The Labute approximate surface area is 201 Å². The van der Waals surface area contributed by atoms with Gasteiger partial charge in [-0.05, 0) is 13.3 Å². The van der Waals surface area contributed by atoms with Crippen LogP contribution in [0.3, 0.4) is 0 Å². The summed E-state index contributed by atoms with van der Waals surface area (Å²) in [6, 6.07) is 3.12. The summed E-state index contributed by atoms with van der Waals surface area (Å²) < 4.78 is 22.7. The Morgan fingerprint density at radius 3 is 2.94 bits per heavy atom. The van der Waals surface area contributed by atoms with Crippen molar-refractivity contribution >= 4 is 33.8 Å². The maximum Gasteiger partial charge on any atom is 0.261 e. The van der Waals surface area contributed by atoms with Crippen LogP contribution in [0, 0.1) is 12.7 Å². The first kappa shape index (κ1) is 23.1. The summed E-state index contributed by atoms with van der Waals surface area (Å²) >= 11 is 0. The van der Waals surface area contributed by atoms with Crippen LogP contribution in [0.25, 0.3) is 16.6 Å². The maximum atomic E-state index is 14.5. The second kappa shape index (κ2) is 9.16. The number of anilines is 2. The number of amides is 1. The lowest BCUT2D eigenvalue weighted by Crippen LogP contribution is -2.34. The molecule has 1 fully saturated rings. The summed E-state index contributed by atoms with van der Waals surface area (Å²) in [5.74, 6) is -1.31. The Balaban J connectivity index is 1.45. The number of imidazole rings is 1. The highest BCUT2D eigenvalue weighted by Crippen LogP contribution is 2.37. The van der Waals surface area contributed by atoms with Crippen molar-refractivity contribution < 1.29 is 19.0 Å². The summed E-state index contributed by atoms with van der Waals surface area (Å²) in [7, 11) is 3.45. The van der Waals surface area contributed by atoms with Crippen molar-refractivity contribution in [2.75, 3.05) is 43.6 Å². The molecule has 1 amide bonds. The molecule has 1 saturated heterocycles. The van der Waals surface area contributed by atoms with Crippen LogP contribution in [0.15, 0.2) is 30.7 Å². The van der Waals surface area contributed by atoms with E-state index in [2.05, 4.69) is 25.6 Å². The van der Waals surface area contributed by atoms with Crippen LogP contribution in [0.2, 0.25) is 0 Å². The van der Waals surface area contributed by atoms with Crippen molar-refractivity contribution in [1.82, 2.24) is 24.5 Å². The molecule has 0 spiro atoms. The molecule has 0 saturated carbocycles. The number of nitrogens with one attached hydrogen (secondary N) is 2. The zero-order chi connectivity index (χ0) is 24.7. The fourth-order valence-electron chi connectivity index (χ4n) is 4.70. The molecule has 0 bridgehead atoms. The summed E-state index contributed by atoms with van der Waals surface area (Å²) in [6.07, 6.45) is 6.05. The minimum Gasteiger partial charge on any atom is -0.507 e. The Morgan fingerprint density at radius 1 is 1.31 bits per heavy atom. The number of phenolic OH excluding ortho intramolecular Hbond substituents is 1. The summed E-state index contributed by atoms with van der Waals surface area (Å²) in [5, 5.41) is 22.3. The van der Waals surface area contributed by atoms with E-state index < -0.39 is 11.7 Å². The second-order valence-corrected chi connectivity index (χ2v) is 8.88. The normalized spacial score (nSPS) is 16.0. The lowest BCUT2D eigenvalue weighted by atomic mass is 10.1. The van der Waals surface area contributed by atoms with Gasteiger partial charge in [0.05, 0.1) is 23.7 Å². The molecule has 1 aromatic carbocycles. The minimum atomic E-state index is -0.575. The minimum absolute atomic E-state index is 0.0423. The molecule has 3 aromatic heterocycles. The molecule has 4 heterocycles. The molecule has 184 valence electrons. The van der Waals surface area contributed by atoms with Gasteiger partial charge in [0.1, 0.15) is 16.8 Å². The monoisotopic (exact) mass is 481 g/mol. The molecule has 3 N–H and O–H groups in total. The van der Waals surface area contributed by atoms with Crippen molar-refractivity contribution in [3.05, 3.63) is 47.8 Å². The predicted molar refractivity (Wildman–Crippen MR) is 131 cm³/mol. The van der Waals surface area contributed by atoms with Crippen molar-refractivity contribution in [2.45, 2.75) is 19.4 Å². The average molecular weight is 482 g/mol. The molecule has 0 aliphatic carbocycles. The van der Waals surface area contributed by atoms with E-state index in [1.54, 1.807) is 44.2 Å². The molecule has 0 radical (unpaired) electrons. The SMILES string of the molecule is COCCNC1CCN(c2cc(O)c(C(=O)Nc3cc(F)c4nc(C)cn4c3)c3nn(C)cc23)C1. The van der Waals surface area contributed by atoms with Gasteiger partial charge in [0.2, 0.25) is 0 Å². The van der Waals surface area contributed by atoms with Crippen LogP contribution in [0.5, 0.6) is 5.75 Å². The first-order chi connectivity index (χ1) is 16.8. The third-order valence-electron chi connectivity index (χ3n) is 6.25. The lowest BCUT2D eigenvalue weighted by Gasteiger charge is -2.21. The summed E-state index contributed by atoms with van der Waals surface area (Å²) in [4.78, 5) is 19.5. The van der Waals surface area contributed by atoms with Crippen molar-refractivity contribution in [2.24, 2.45) is 7.05 Å². The number of aromatic nitrogens is 4. The zero-order valence-corrected chi connectivity index (χ0v) is 19.9. The Kier molecular flexibility index (Phi) is 6.03. The number of phenols is 1. The van der Waals surface area contributed by atoms with E-state index >= 15 is 0 Å². The van der Waals surface area contributed by atoms with Gasteiger partial charge >= 0.3 is 0 Å². The Hall–Kier alpha value is -3.70. The van der Waals surface area contributed by atoms with Gasteiger partial charge in [0.15, 0.2) is 11.5 Å². The van der Waals surface area contributed by atoms with E-state index in [0.717, 1.165) is 37.1 Å². The number of pyridine rings is 1. The Bertz CT molecular complexity index is 1410. The lowest BCUT2D eigenvalue weighted by molar-refractivity contribution is 0.102. The number of rotatable bonds is 7. The number of aromatic hydroxyl groups is 1. The number of carbonyl (C=O) groups excluding carboxylic acids is 1. The number of halogens is 1. The second-order valence-electron chi connectivity index (χ2n) is 8.88. The third-order valence-corrected chi connectivity index (χ3v) is 6.25. The number of nitrogens with zero attached hydrogens (tertiary/aromatic N) is 5. The number of hydrogen-bond donors (Lipinski definition) is 3. The van der Waals surface area contributed by atoms with Crippen LogP contribution < -0.4 is 15.5 Å². The third kappa shape index (κ3) is 4.40. The molecule has 35 heavy (non-hydrogen) atoms. The topological polar surface area (TPSA) is 109 Å². The molecule has 11 heteroatoms. The number of methoxy groups -OCH3 is 1. The van der Waals surface area contributed by atoms with Crippen LogP contribution in [0.1, 0.15) is 22.5 Å². The standard InChI is InChI=1S/C24H28FN7O3/c1-14-10-32-12-16(8-18(25)23(32)27-14)28-24(34)21-20(33)9-19(17-13-30(2)29-22(17)21)31-6-4-15(11-31)26-5-7-35-3/h8-10,12-13,15,26,33H,4-7,11H2,1-3H3,(H,28,34). The molecular weight excluding hydrogens is 453 g/mol. The number of ether oxygens (including phenoxy) is 1. The molecule has 1 aliphatic rings. The van der Waals surface area contributed by atoms with Crippen LogP contribution in [-0.4, -0.2) is 69.6 Å². The first-order valence-corrected chi connectivity index (χ1v) is 11.5. The van der Waals surface area contributed by atoms with Crippen molar-refractivity contribution in [1.29, 1.82) is 0 Å². The average Bonchev–Trinajstić information content (AvgIpc) is 3.51. The number of aryl methyl sites for hydroxylation is 2. The molecule has 5 rings (SSSR count). The van der Waals surface area contributed by atoms with Gasteiger partial charge in [-0.15, -0.1) is 0 Å². The van der Waals surface area contributed by atoms with Gasteiger partial charge in [-0.25, -0.2) is 9.37 Å². The van der Waals surface area contributed by atoms with E-state index in [-0.39, 0.29) is 22.6 Å². The van der Waals surface area contributed by atoms with Crippen molar-refractivity contribution in [3.63, 3.8) is 0 Å². The molecule has 1 atom stereocenters. The summed E-state index contributed by atoms with van der Waals surface area (Å²) in [5.41, 5.74) is 2.33. The van der Waals surface area contributed by atoms with Crippen LogP contribution >= 0.6 is 0 Å². The quantitative estimate of drug-likeness (QED) is 0.348. The van der Waals surface area contributed by atoms with E-state index in [0.29, 0.717) is 23.9 Å². The molecule has 1 unspecified atom stereocenters. The number of carbonyl (C=O) groups is 1. The molecular formula is C24H28FN7O3. The van der Waals surface area contributed by atoms with E-state index in [9.17, 15) is 14.3 Å². The molecule has 4 aromatic rings. The van der Waals surface area contributed by atoms with E-state index in [1.165, 1.54) is 10.5 Å². The maximum absolute atomic E-state index is 14.5. The smallest absolute Gasteiger partial charge is 0.261 e. The number of hydrogen-bond acceptors (Lipinski definition) is 7. The highest BCUT2D eigenvalue weighted by atomic mass is 19.1. The number of fused-ring (bicyclic) bond motifs is 2. The highest BCUT2D eigenvalue weighted by molar-refractivity contribution is 6.16. The van der Waals surface area contributed by atoms with Crippen LogP contribution in [0.4, 0.5) is 15.8 Å². The Morgan fingerprint density at radius 2 is 2.14 bits per heavy atom. The van der Waals surface area contributed by atoms with Gasteiger partial charge in [0, 0.05) is 75.9 Å². The predicted octanol–water partition coefficient (Wildman–Crippen LogP) is 2.44. The van der Waals surface area contributed by atoms with Gasteiger partial charge in [-0.2, -0.15) is 5.10 Å². The van der Waals surface area contributed by atoms with Crippen molar-refractivity contribution in [3.8, 4) is 5.75 Å². The van der Waals surface area contributed by atoms with E-state index in [1.807, 2.05) is 6.20 Å². The van der Waals surface area contributed by atoms with Gasteiger partial charge in [-0.1, -0.05) is 0 Å². The van der Waals surface area contributed by atoms with Gasteiger partial charge < -0.3 is 29.8 Å². The van der Waals surface area contributed by atoms with Gasteiger partial charge in [-0.3, -0.25) is 9.48 Å². The fourth-order valence-corrected chi connectivity index (χ4v) is 4.70. The fraction of sp³-hybridized carbons (Fsp3) is 0.375. The zero-order valence-electron chi connectivity index (χ0n) is 19.9. The summed E-state index contributed by atoms with van der Waals surface area (Å²) in [6.45, 7) is 4.75.